The summed E-state index contributed by atoms with van der Waals surface area (Å²) in [6.07, 6.45) is 2.61. The zero-order valence-corrected chi connectivity index (χ0v) is 14.3. The van der Waals surface area contributed by atoms with E-state index in [1.807, 2.05) is 54.6 Å². The van der Waals surface area contributed by atoms with Gasteiger partial charge in [0.2, 0.25) is 0 Å². The number of oxazole rings is 1. The number of rotatable bonds is 5. The Morgan fingerprint density at radius 1 is 1.04 bits per heavy atom. The average molecular weight is 335 g/mol. The van der Waals surface area contributed by atoms with Gasteiger partial charge in [0.15, 0.2) is 5.76 Å². The fourth-order valence-electron chi connectivity index (χ4n) is 2.52. The molecule has 5 nitrogen and oxygen atoms in total. The van der Waals surface area contributed by atoms with E-state index in [4.69, 9.17) is 4.42 Å². The van der Waals surface area contributed by atoms with Crippen LogP contribution in [0.2, 0.25) is 0 Å². The molecule has 0 aliphatic carbocycles. The Morgan fingerprint density at radius 2 is 1.76 bits per heavy atom. The Morgan fingerprint density at radius 3 is 2.44 bits per heavy atom. The highest BCUT2D eigenvalue weighted by molar-refractivity contribution is 5.98. The van der Waals surface area contributed by atoms with Crippen molar-refractivity contribution in [2.24, 2.45) is 5.92 Å². The van der Waals surface area contributed by atoms with E-state index in [9.17, 15) is 4.79 Å². The molecule has 0 fully saturated rings. The molecule has 5 heteroatoms. The lowest BCUT2D eigenvalue weighted by atomic mass is 10.0. The molecule has 25 heavy (non-hydrogen) atoms. The molecule has 0 aliphatic rings. The molecular formula is C20H21N3O2. The molecule has 2 N–H and O–H groups in total. The lowest BCUT2D eigenvalue weighted by Gasteiger charge is -2.08. The first-order chi connectivity index (χ1) is 12.1. The molecule has 0 saturated carbocycles. The Bertz CT molecular complexity index is 824. The van der Waals surface area contributed by atoms with E-state index >= 15 is 0 Å². The van der Waals surface area contributed by atoms with Crippen LogP contribution in [0.5, 0.6) is 0 Å². The van der Waals surface area contributed by atoms with E-state index in [-0.39, 0.29) is 6.01 Å². The summed E-state index contributed by atoms with van der Waals surface area (Å²) in [4.78, 5) is 16.2. The summed E-state index contributed by atoms with van der Waals surface area (Å²) in [5.74, 6) is 1.21. The third kappa shape index (κ3) is 4.70. The maximum atomic E-state index is 12.1. The van der Waals surface area contributed by atoms with Crippen LogP contribution in [-0.4, -0.2) is 11.0 Å². The highest BCUT2D eigenvalue weighted by Crippen LogP contribution is 2.22. The van der Waals surface area contributed by atoms with Crippen molar-refractivity contribution in [3.05, 3.63) is 66.4 Å². The van der Waals surface area contributed by atoms with Crippen molar-refractivity contribution in [3.63, 3.8) is 0 Å². The van der Waals surface area contributed by atoms with Gasteiger partial charge in [0.1, 0.15) is 0 Å². The van der Waals surface area contributed by atoms with Gasteiger partial charge in [-0.1, -0.05) is 56.3 Å². The van der Waals surface area contributed by atoms with Crippen LogP contribution >= 0.6 is 0 Å². The average Bonchev–Trinajstić information content (AvgIpc) is 3.05. The van der Waals surface area contributed by atoms with E-state index in [0.29, 0.717) is 11.7 Å². The second-order valence-corrected chi connectivity index (χ2v) is 6.27. The first kappa shape index (κ1) is 16.8. The van der Waals surface area contributed by atoms with Crippen LogP contribution in [-0.2, 0) is 6.42 Å². The van der Waals surface area contributed by atoms with Crippen molar-refractivity contribution in [1.82, 2.24) is 4.98 Å². The zero-order valence-electron chi connectivity index (χ0n) is 14.3. The first-order valence-electron chi connectivity index (χ1n) is 8.28. The minimum absolute atomic E-state index is 0.160. The molecule has 1 heterocycles. The van der Waals surface area contributed by atoms with Crippen LogP contribution in [0, 0.1) is 5.92 Å². The van der Waals surface area contributed by atoms with Crippen molar-refractivity contribution in [2.75, 3.05) is 10.6 Å². The fraction of sp³-hybridized carbons (Fsp3) is 0.200. The maximum Gasteiger partial charge on any atom is 0.327 e. The van der Waals surface area contributed by atoms with E-state index in [0.717, 1.165) is 17.7 Å². The smallest absolute Gasteiger partial charge is 0.327 e. The largest absolute Gasteiger partial charge is 0.423 e. The van der Waals surface area contributed by atoms with Crippen molar-refractivity contribution < 1.29 is 9.21 Å². The van der Waals surface area contributed by atoms with Gasteiger partial charge in [0.05, 0.1) is 6.20 Å². The second-order valence-electron chi connectivity index (χ2n) is 6.27. The molecule has 1 aromatic heterocycles. The van der Waals surface area contributed by atoms with Gasteiger partial charge in [-0.15, -0.1) is 0 Å². The predicted molar refractivity (Wildman–Crippen MR) is 99.6 cm³/mol. The molecule has 0 bridgehead atoms. The Labute approximate surface area is 147 Å². The summed E-state index contributed by atoms with van der Waals surface area (Å²) >= 11 is 0. The van der Waals surface area contributed by atoms with Crippen molar-refractivity contribution >= 4 is 17.7 Å². The van der Waals surface area contributed by atoms with Crippen LogP contribution in [0.4, 0.5) is 16.5 Å². The Hall–Kier alpha value is -3.08. The number of hydrogen-bond donors (Lipinski definition) is 2. The monoisotopic (exact) mass is 335 g/mol. The number of benzene rings is 2. The summed E-state index contributed by atoms with van der Waals surface area (Å²) in [5.41, 5.74) is 2.88. The van der Waals surface area contributed by atoms with Gasteiger partial charge in [0.25, 0.3) is 0 Å². The number of urea groups is 1. The van der Waals surface area contributed by atoms with E-state index in [2.05, 4.69) is 29.5 Å². The lowest BCUT2D eigenvalue weighted by molar-refractivity contribution is 0.261. The zero-order chi connectivity index (χ0) is 17.6. The molecule has 0 saturated heterocycles. The Balaban J connectivity index is 1.58. The topological polar surface area (TPSA) is 67.2 Å². The summed E-state index contributed by atoms with van der Waals surface area (Å²) in [6.45, 7) is 4.36. The quantitative estimate of drug-likeness (QED) is 0.675. The molecule has 3 aromatic rings. The first-order valence-corrected chi connectivity index (χ1v) is 8.28. The molecule has 0 atom stereocenters. The van der Waals surface area contributed by atoms with Crippen molar-refractivity contribution in [3.8, 4) is 11.3 Å². The number of nitrogens with zero attached hydrogens (tertiary/aromatic N) is 1. The second kappa shape index (κ2) is 7.66. The summed E-state index contributed by atoms with van der Waals surface area (Å²) in [6, 6.07) is 17.2. The normalized spacial score (nSPS) is 10.7. The van der Waals surface area contributed by atoms with Crippen LogP contribution in [0.3, 0.4) is 0 Å². The molecule has 2 aromatic carbocycles. The van der Waals surface area contributed by atoms with E-state index in [1.165, 1.54) is 5.56 Å². The predicted octanol–water partition coefficient (Wildman–Crippen LogP) is 5.18. The van der Waals surface area contributed by atoms with Crippen LogP contribution in [0.15, 0.2) is 65.2 Å². The number of amides is 2. The van der Waals surface area contributed by atoms with Crippen LogP contribution in [0.25, 0.3) is 11.3 Å². The summed E-state index contributed by atoms with van der Waals surface area (Å²) in [5, 5.41) is 5.37. The summed E-state index contributed by atoms with van der Waals surface area (Å²) in [7, 11) is 0. The molecule has 0 unspecified atom stereocenters. The van der Waals surface area contributed by atoms with Crippen LogP contribution < -0.4 is 10.6 Å². The lowest BCUT2D eigenvalue weighted by Crippen LogP contribution is -2.19. The standard InChI is InChI=1S/C20H21N3O2/c1-14(2)12-15-8-10-17(11-9-15)22-19(24)23-20-21-13-18(25-20)16-6-4-3-5-7-16/h3-11,13-14H,12H2,1-2H3,(H2,21,22,23,24). The van der Waals surface area contributed by atoms with Gasteiger partial charge in [-0.05, 0) is 30.0 Å². The van der Waals surface area contributed by atoms with Gasteiger partial charge in [-0.3, -0.25) is 5.32 Å². The maximum absolute atomic E-state index is 12.1. The number of carbonyl (C=O) groups is 1. The molecule has 0 radical (unpaired) electrons. The fourth-order valence-corrected chi connectivity index (χ4v) is 2.52. The van der Waals surface area contributed by atoms with Crippen LogP contribution in [0.1, 0.15) is 19.4 Å². The number of nitrogens with one attached hydrogen (secondary N) is 2. The van der Waals surface area contributed by atoms with Gasteiger partial charge >= 0.3 is 12.0 Å². The number of carbonyl (C=O) groups excluding carboxylic acids is 1. The molecule has 3 rings (SSSR count). The molecule has 2 amide bonds. The SMILES string of the molecule is CC(C)Cc1ccc(NC(=O)Nc2ncc(-c3ccccc3)o2)cc1. The van der Waals surface area contributed by atoms with Gasteiger partial charge in [0, 0.05) is 11.3 Å². The summed E-state index contributed by atoms with van der Waals surface area (Å²) < 4.78 is 5.56. The number of aromatic nitrogens is 1. The molecule has 128 valence electrons. The Kier molecular flexibility index (Phi) is 5.14. The van der Waals surface area contributed by atoms with Gasteiger partial charge in [-0.25, -0.2) is 9.78 Å². The third-order valence-corrected chi connectivity index (χ3v) is 3.64. The van der Waals surface area contributed by atoms with E-state index in [1.54, 1.807) is 6.20 Å². The minimum atomic E-state index is -0.391. The molecule has 0 aliphatic heterocycles. The van der Waals surface area contributed by atoms with E-state index < -0.39 is 6.03 Å². The minimum Gasteiger partial charge on any atom is -0.423 e. The van der Waals surface area contributed by atoms with Gasteiger partial charge in [-0.2, -0.15) is 0 Å². The van der Waals surface area contributed by atoms with Crippen molar-refractivity contribution in [2.45, 2.75) is 20.3 Å². The highest BCUT2D eigenvalue weighted by Gasteiger charge is 2.09. The molecular weight excluding hydrogens is 314 g/mol. The third-order valence-electron chi connectivity index (χ3n) is 3.64. The molecule has 0 spiro atoms. The highest BCUT2D eigenvalue weighted by atomic mass is 16.4. The van der Waals surface area contributed by atoms with Gasteiger partial charge < -0.3 is 9.73 Å². The van der Waals surface area contributed by atoms with Crippen molar-refractivity contribution in [1.29, 1.82) is 0 Å². The number of hydrogen-bond acceptors (Lipinski definition) is 3. The number of anilines is 2.